The van der Waals surface area contributed by atoms with E-state index in [0.29, 0.717) is 5.56 Å². The number of carbonyl (C=O) groups is 2. The molecule has 1 heterocycles. The van der Waals surface area contributed by atoms with Crippen LogP contribution in [-0.2, 0) is 15.2 Å². The van der Waals surface area contributed by atoms with Gasteiger partial charge in [-0.3, -0.25) is 14.9 Å². The first-order chi connectivity index (χ1) is 13.0. The van der Waals surface area contributed by atoms with Crippen molar-refractivity contribution in [3.63, 3.8) is 0 Å². The number of hydrogen-bond acceptors (Lipinski definition) is 5. The summed E-state index contributed by atoms with van der Waals surface area (Å²) in [5.41, 5.74) is 1.38. The molecule has 1 atom stereocenters. The van der Waals surface area contributed by atoms with Crippen LogP contribution in [0.2, 0.25) is 0 Å². The topological polar surface area (TPSA) is 104 Å². The fourth-order valence-electron chi connectivity index (χ4n) is 2.54. The Morgan fingerprint density at radius 1 is 1.00 bits per heavy atom. The minimum Gasteiger partial charge on any atom is -0.384 e. The molecular weight excluding hydrogens is 346 g/mol. The van der Waals surface area contributed by atoms with E-state index in [1.165, 1.54) is 12.3 Å². The van der Waals surface area contributed by atoms with E-state index in [2.05, 4.69) is 20.3 Å². The molecule has 7 nitrogen and oxygen atoms in total. The van der Waals surface area contributed by atoms with Crippen LogP contribution in [-0.4, -0.2) is 28.6 Å². The summed E-state index contributed by atoms with van der Waals surface area (Å²) in [5, 5.41) is 18.9. The highest BCUT2D eigenvalue weighted by Gasteiger charge is 2.25. The molecule has 0 aliphatic carbocycles. The van der Waals surface area contributed by atoms with Crippen LogP contribution in [0.1, 0.15) is 12.5 Å². The quantitative estimate of drug-likeness (QED) is 0.602. The molecule has 3 N–H and O–H groups in total. The number of rotatable bonds is 5. The van der Waals surface area contributed by atoms with Crippen LogP contribution >= 0.6 is 0 Å². The van der Waals surface area contributed by atoms with Gasteiger partial charge in [0.25, 0.3) is 0 Å². The predicted molar refractivity (Wildman–Crippen MR) is 99.6 cm³/mol. The van der Waals surface area contributed by atoms with E-state index in [1.807, 2.05) is 42.5 Å². The molecule has 2 amide bonds. The Hall–Kier alpha value is -3.45. The van der Waals surface area contributed by atoms with Crippen molar-refractivity contribution in [2.75, 3.05) is 11.9 Å². The van der Waals surface area contributed by atoms with Gasteiger partial charge in [-0.2, -0.15) is 0 Å². The number of anilines is 1. The standard InChI is InChI=1S/C20H19N3O4/c1-20(26,13-21-18(24)19(25)22-17-11-12-27-23-17)16-9-7-15(8-10-16)14-5-3-2-4-6-14/h2-12,26H,13H2,1H3,(H,21,24)(H,22,23,25)/t20-/m1/s1. The third-order valence-corrected chi connectivity index (χ3v) is 4.09. The molecule has 0 fully saturated rings. The summed E-state index contributed by atoms with van der Waals surface area (Å²) in [6.07, 6.45) is 1.28. The lowest BCUT2D eigenvalue weighted by Gasteiger charge is -2.24. The molecule has 0 aliphatic heterocycles. The van der Waals surface area contributed by atoms with Gasteiger partial charge in [-0.25, -0.2) is 0 Å². The number of amides is 2. The Bertz CT molecular complexity index is 904. The number of aliphatic hydroxyl groups is 1. The molecule has 0 saturated heterocycles. The summed E-state index contributed by atoms with van der Waals surface area (Å²) in [5.74, 6) is -1.63. The number of nitrogens with one attached hydrogen (secondary N) is 2. The molecule has 27 heavy (non-hydrogen) atoms. The Balaban J connectivity index is 1.60. The molecule has 0 unspecified atom stereocenters. The lowest BCUT2D eigenvalue weighted by Crippen LogP contribution is -2.43. The fourth-order valence-corrected chi connectivity index (χ4v) is 2.54. The summed E-state index contributed by atoms with van der Waals surface area (Å²) >= 11 is 0. The lowest BCUT2D eigenvalue weighted by atomic mass is 9.93. The molecule has 0 spiro atoms. The number of carbonyl (C=O) groups excluding carboxylic acids is 2. The Morgan fingerprint density at radius 2 is 1.67 bits per heavy atom. The third kappa shape index (κ3) is 4.59. The van der Waals surface area contributed by atoms with Crippen molar-refractivity contribution in [3.05, 3.63) is 72.5 Å². The van der Waals surface area contributed by atoms with Crippen LogP contribution in [0.4, 0.5) is 5.82 Å². The van der Waals surface area contributed by atoms with Crippen molar-refractivity contribution < 1.29 is 19.2 Å². The van der Waals surface area contributed by atoms with E-state index >= 15 is 0 Å². The van der Waals surface area contributed by atoms with Gasteiger partial charge in [-0.05, 0) is 23.6 Å². The molecule has 138 valence electrons. The number of benzene rings is 2. The minimum absolute atomic E-state index is 0.122. The van der Waals surface area contributed by atoms with Gasteiger partial charge in [-0.1, -0.05) is 59.8 Å². The zero-order valence-corrected chi connectivity index (χ0v) is 14.7. The first kappa shape index (κ1) is 18.3. The first-order valence-corrected chi connectivity index (χ1v) is 8.33. The molecule has 0 aliphatic rings. The van der Waals surface area contributed by atoms with E-state index < -0.39 is 17.4 Å². The van der Waals surface area contributed by atoms with Crippen LogP contribution in [0.25, 0.3) is 11.1 Å². The molecule has 3 rings (SSSR count). The zero-order valence-electron chi connectivity index (χ0n) is 14.7. The van der Waals surface area contributed by atoms with Crippen molar-refractivity contribution in [1.82, 2.24) is 10.5 Å². The van der Waals surface area contributed by atoms with Gasteiger partial charge < -0.3 is 14.9 Å². The molecule has 0 saturated carbocycles. The largest absolute Gasteiger partial charge is 0.384 e. The van der Waals surface area contributed by atoms with Crippen molar-refractivity contribution in [1.29, 1.82) is 0 Å². The lowest BCUT2D eigenvalue weighted by molar-refractivity contribution is -0.136. The highest BCUT2D eigenvalue weighted by molar-refractivity contribution is 6.39. The number of hydrogen-bond donors (Lipinski definition) is 3. The predicted octanol–water partition coefficient (Wildman–Crippen LogP) is 2.30. The van der Waals surface area contributed by atoms with E-state index in [1.54, 1.807) is 19.1 Å². The van der Waals surface area contributed by atoms with Crippen molar-refractivity contribution in [2.45, 2.75) is 12.5 Å². The van der Waals surface area contributed by atoms with Gasteiger partial charge in [0.05, 0.1) is 6.54 Å². The smallest absolute Gasteiger partial charge is 0.314 e. The summed E-state index contributed by atoms with van der Waals surface area (Å²) in [4.78, 5) is 23.7. The van der Waals surface area contributed by atoms with Gasteiger partial charge >= 0.3 is 11.8 Å². The van der Waals surface area contributed by atoms with Crippen molar-refractivity contribution >= 4 is 17.6 Å². The summed E-state index contributed by atoms with van der Waals surface area (Å²) in [7, 11) is 0. The minimum atomic E-state index is -1.33. The zero-order chi connectivity index (χ0) is 19.3. The molecule has 0 bridgehead atoms. The van der Waals surface area contributed by atoms with Gasteiger partial charge in [0, 0.05) is 6.07 Å². The van der Waals surface area contributed by atoms with E-state index in [4.69, 9.17) is 0 Å². The molecule has 2 aromatic carbocycles. The van der Waals surface area contributed by atoms with Crippen LogP contribution < -0.4 is 10.6 Å². The SMILES string of the molecule is C[C@@](O)(CNC(=O)C(=O)Nc1ccon1)c1ccc(-c2ccccc2)cc1. The molecule has 0 radical (unpaired) electrons. The second-order valence-electron chi connectivity index (χ2n) is 6.24. The first-order valence-electron chi connectivity index (χ1n) is 8.33. The maximum atomic E-state index is 11.9. The molecule has 1 aromatic heterocycles. The van der Waals surface area contributed by atoms with Gasteiger partial charge in [0.15, 0.2) is 5.82 Å². The fraction of sp³-hybridized carbons (Fsp3) is 0.150. The average molecular weight is 365 g/mol. The summed E-state index contributed by atoms with van der Waals surface area (Å²) < 4.78 is 4.57. The molecule has 3 aromatic rings. The second kappa shape index (κ2) is 7.84. The summed E-state index contributed by atoms with van der Waals surface area (Å²) in [6, 6.07) is 18.7. The number of nitrogens with zero attached hydrogens (tertiary/aromatic N) is 1. The average Bonchev–Trinajstić information content (AvgIpc) is 3.20. The Labute approximate surface area is 156 Å². The van der Waals surface area contributed by atoms with Crippen LogP contribution in [0.3, 0.4) is 0 Å². The van der Waals surface area contributed by atoms with E-state index in [-0.39, 0.29) is 12.4 Å². The highest BCUT2D eigenvalue weighted by Crippen LogP contribution is 2.24. The second-order valence-corrected chi connectivity index (χ2v) is 6.24. The van der Waals surface area contributed by atoms with E-state index in [0.717, 1.165) is 11.1 Å². The Kier molecular flexibility index (Phi) is 5.33. The van der Waals surface area contributed by atoms with Crippen LogP contribution in [0.5, 0.6) is 0 Å². The third-order valence-electron chi connectivity index (χ3n) is 4.09. The van der Waals surface area contributed by atoms with Gasteiger partial charge in [0.1, 0.15) is 11.9 Å². The van der Waals surface area contributed by atoms with Crippen LogP contribution in [0, 0.1) is 0 Å². The van der Waals surface area contributed by atoms with Crippen molar-refractivity contribution in [2.24, 2.45) is 0 Å². The van der Waals surface area contributed by atoms with Gasteiger partial charge in [-0.15, -0.1) is 0 Å². The normalized spacial score (nSPS) is 12.8. The molecular formula is C20H19N3O4. The number of aromatic nitrogens is 1. The Morgan fingerprint density at radius 3 is 2.30 bits per heavy atom. The van der Waals surface area contributed by atoms with Crippen molar-refractivity contribution in [3.8, 4) is 11.1 Å². The van der Waals surface area contributed by atoms with Gasteiger partial charge in [0.2, 0.25) is 0 Å². The van der Waals surface area contributed by atoms with E-state index in [9.17, 15) is 14.7 Å². The maximum absolute atomic E-state index is 11.9. The monoisotopic (exact) mass is 365 g/mol. The van der Waals surface area contributed by atoms with Crippen LogP contribution in [0.15, 0.2) is 71.4 Å². The highest BCUT2D eigenvalue weighted by atomic mass is 16.5. The molecule has 7 heteroatoms. The maximum Gasteiger partial charge on any atom is 0.314 e. The summed E-state index contributed by atoms with van der Waals surface area (Å²) in [6.45, 7) is 1.45.